The molecule has 25 heavy (non-hydrogen) atoms. The van der Waals surface area contributed by atoms with Crippen LogP contribution >= 0.6 is 0 Å². The molecule has 0 fully saturated rings. The molecular formula is C20H27NO3S. The first kappa shape index (κ1) is 19.6. The van der Waals surface area contributed by atoms with Crippen LogP contribution in [0.1, 0.15) is 31.9 Å². The van der Waals surface area contributed by atoms with E-state index >= 15 is 0 Å². The summed E-state index contributed by atoms with van der Waals surface area (Å²) in [5, 5.41) is 10.9. The minimum absolute atomic E-state index is 0.109. The van der Waals surface area contributed by atoms with Gasteiger partial charge in [0.2, 0.25) is 10.0 Å². The maximum atomic E-state index is 12.8. The highest BCUT2D eigenvalue weighted by molar-refractivity contribution is 7.89. The minimum atomic E-state index is -3.72. The molecule has 0 aliphatic carbocycles. The number of benzene rings is 2. The number of hydrogen-bond acceptors (Lipinski definition) is 3. The molecule has 2 N–H and O–H groups in total. The average Bonchev–Trinajstić information content (AvgIpc) is 2.55. The molecule has 0 aliphatic rings. The fourth-order valence-corrected chi connectivity index (χ4v) is 3.92. The molecule has 2 atom stereocenters. The van der Waals surface area contributed by atoms with E-state index in [2.05, 4.69) is 4.72 Å². The van der Waals surface area contributed by atoms with E-state index < -0.39 is 21.7 Å². The van der Waals surface area contributed by atoms with Crippen LogP contribution in [0.25, 0.3) is 0 Å². The molecule has 0 bridgehead atoms. The van der Waals surface area contributed by atoms with Crippen molar-refractivity contribution in [2.75, 3.05) is 0 Å². The Kier molecular flexibility index (Phi) is 6.03. The van der Waals surface area contributed by atoms with Gasteiger partial charge in [-0.05, 0) is 43.9 Å². The molecule has 0 amide bonds. The molecular weight excluding hydrogens is 334 g/mol. The number of sulfonamides is 1. The molecule has 0 saturated heterocycles. The van der Waals surface area contributed by atoms with E-state index in [1.807, 2.05) is 51.1 Å². The van der Waals surface area contributed by atoms with Crippen molar-refractivity contribution in [3.63, 3.8) is 0 Å². The first-order valence-electron chi connectivity index (χ1n) is 8.48. The molecule has 0 aromatic heterocycles. The van der Waals surface area contributed by atoms with Gasteiger partial charge in [0.05, 0.1) is 16.5 Å². The molecule has 2 aromatic carbocycles. The van der Waals surface area contributed by atoms with Crippen LogP contribution in [0.3, 0.4) is 0 Å². The second kappa shape index (κ2) is 7.68. The first-order valence-corrected chi connectivity index (χ1v) is 9.96. The summed E-state index contributed by atoms with van der Waals surface area (Å²) in [5.41, 5.74) is 0.780. The smallest absolute Gasteiger partial charge is 0.240 e. The third-order valence-electron chi connectivity index (χ3n) is 4.79. The summed E-state index contributed by atoms with van der Waals surface area (Å²) in [5.74, 6) is -0.109. The Balaban J connectivity index is 2.33. The molecule has 0 aliphatic heterocycles. The topological polar surface area (TPSA) is 66.4 Å². The maximum absolute atomic E-state index is 12.8. The monoisotopic (exact) mass is 361 g/mol. The Morgan fingerprint density at radius 3 is 2.12 bits per heavy atom. The van der Waals surface area contributed by atoms with E-state index in [0.29, 0.717) is 6.42 Å². The van der Waals surface area contributed by atoms with Crippen LogP contribution in [0.4, 0.5) is 0 Å². The third kappa shape index (κ3) is 4.91. The number of hydrogen-bond donors (Lipinski definition) is 2. The van der Waals surface area contributed by atoms with Crippen molar-refractivity contribution in [1.82, 2.24) is 4.72 Å². The molecule has 0 saturated carbocycles. The van der Waals surface area contributed by atoms with Gasteiger partial charge in [-0.3, -0.25) is 0 Å². The fourth-order valence-electron chi connectivity index (χ4n) is 2.59. The molecule has 0 unspecified atom stereocenters. The van der Waals surface area contributed by atoms with Crippen molar-refractivity contribution >= 4 is 10.0 Å². The molecule has 0 radical (unpaired) electrons. The highest BCUT2D eigenvalue weighted by atomic mass is 32.2. The molecule has 4 nitrogen and oxygen atoms in total. The standard InChI is InChI=1S/C20H27NO3S/c1-15(2)20(4,22)19(14-17-8-6-5-7-9-17)21-25(23,24)18-12-10-16(3)11-13-18/h5-13,15,19,21-22H,14H2,1-4H3/t19-,20+/m1/s1. The van der Waals surface area contributed by atoms with Crippen LogP contribution in [0, 0.1) is 12.8 Å². The Labute approximate surface area is 151 Å². The second-order valence-electron chi connectivity index (χ2n) is 7.06. The van der Waals surface area contributed by atoms with E-state index in [0.717, 1.165) is 11.1 Å². The molecule has 5 heteroatoms. The number of aryl methyl sites for hydroxylation is 1. The fraction of sp³-hybridized carbons (Fsp3) is 0.400. The van der Waals surface area contributed by atoms with Crippen LogP contribution < -0.4 is 4.72 Å². The molecule has 136 valence electrons. The van der Waals surface area contributed by atoms with Crippen molar-refractivity contribution in [3.8, 4) is 0 Å². The summed E-state index contributed by atoms with van der Waals surface area (Å²) >= 11 is 0. The van der Waals surface area contributed by atoms with Gasteiger partial charge in [0, 0.05) is 0 Å². The largest absolute Gasteiger partial charge is 0.388 e. The van der Waals surface area contributed by atoms with Gasteiger partial charge in [-0.2, -0.15) is 0 Å². The van der Waals surface area contributed by atoms with Crippen LogP contribution in [-0.2, 0) is 16.4 Å². The summed E-state index contributed by atoms with van der Waals surface area (Å²) in [6.07, 6.45) is 0.414. The van der Waals surface area contributed by atoms with E-state index in [1.165, 1.54) is 0 Å². The quantitative estimate of drug-likeness (QED) is 0.795. The molecule has 2 rings (SSSR count). The van der Waals surface area contributed by atoms with Crippen molar-refractivity contribution in [1.29, 1.82) is 0 Å². The van der Waals surface area contributed by atoms with Crippen LogP contribution in [0.15, 0.2) is 59.5 Å². The van der Waals surface area contributed by atoms with E-state index in [-0.39, 0.29) is 10.8 Å². The zero-order valence-corrected chi connectivity index (χ0v) is 16.0. The Bertz CT molecular complexity index is 781. The summed E-state index contributed by atoms with van der Waals surface area (Å²) in [6.45, 7) is 7.37. The Hall–Kier alpha value is -1.69. The van der Waals surface area contributed by atoms with Gasteiger partial charge in [0.1, 0.15) is 0 Å². The first-order chi connectivity index (χ1) is 11.6. The van der Waals surface area contributed by atoms with Crippen molar-refractivity contribution in [2.45, 2.75) is 50.7 Å². The minimum Gasteiger partial charge on any atom is -0.388 e. The van der Waals surface area contributed by atoms with Crippen molar-refractivity contribution < 1.29 is 13.5 Å². The number of nitrogens with one attached hydrogen (secondary N) is 1. The van der Waals surface area contributed by atoms with Gasteiger partial charge in [-0.25, -0.2) is 13.1 Å². The predicted molar refractivity (Wildman–Crippen MR) is 101 cm³/mol. The average molecular weight is 362 g/mol. The zero-order valence-electron chi connectivity index (χ0n) is 15.2. The van der Waals surface area contributed by atoms with Gasteiger partial charge in [0.25, 0.3) is 0 Å². The Morgan fingerprint density at radius 2 is 1.60 bits per heavy atom. The maximum Gasteiger partial charge on any atom is 0.240 e. The third-order valence-corrected chi connectivity index (χ3v) is 6.27. The lowest BCUT2D eigenvalue weighted by Gasteiger charge is -2.37. The van der Waals surface area contributed by atoms with E-state index in [9.17, 15) is 13.5 Å². The number of aliphatic hydroxyl groups is 1. The van der Waals surface area contributed by atoms with E-state index in [4.69, 9.17) is 0 Å². The van der Waals surface area contributed by atoms with Crippen molar-refractivity contribution in [3.05, 3.63) is 65.7 Å². The SMILES string of the molecule is Cc1ccc(S(=O)(=O)N[C@H](Cc2ccccc2)[C@@](C)(O)C(C)C)cc1. The van der Waals surface area contributed by atoms with Gasteiger partial charge in [-0.15, -0.1) is 0 Å². The predicted octanol–water partition coefficient (Wildman–Crippen LogP) is 3.29. The normalized spacial score (nSPS) is 15.8. The summed E-state index contributed by atoms with van der Waals surface area (Å²) < 4.78 is 28.3. The molecule has 2 aromatic rings. The highest BCUT2D eigenvalue weighted by Crippen LogP contribution is 2.25. The highest BCUT2D eigenvalue weighted by Gasteiger charge is 2.37. The van der Waals surface area contributed by atoms with Gasteiger partial charge in [0.15, 0.2) is 0 Å². The molecule has 0 heterocycles. The Morgan fingerprint density at radius 1 is 1.04 bits per heavy atom. The molecule has 0 spiro atoms. The second-order valence-corrected chi connectivity index (χ2v) is 8.77. The van der Waals surface area contributed by atoms with Gasteiger partial charge in [-0.1, -0.05) is 61.9 Å². The van der Waals surface area contributed by atoms with Gasteiger partial charge < -0.3 is 5.11 Å². The lowest BCUT2D eigenvalue weighted by atomic mass is 9.82. The summed E-state index contributed by atoms with van der Waals surface area (Å²) in [6, 6.07) is 15.7. The zero-order chi connectivity index (χ0) is 18.7. The van der Waals surface area contributed by atoms with Crippen LogP contribution in [0.5, 0.6) is 0 Å². The van der Waals surface area contributed by atoms with Gasteiger partial charge >= 0.3 is 0 Å². The number of rotatable bonds is 7. The lowest BCUT2D eigenvalue weighted by molar-refractivity contribution is -0.0158. The van der Waals surface area contributed by atoms with Crippen LogP contribution in [-0.4, -0.2) is 25.2 Å². The van der Waals surface area contributed by atoms with E-state index in [1.54, 1.807) is 31.2 Å². The van der Waals surface area contributed by atoms with Crippen LogP contribution in [0.2, 0.25) is 0 Å². The lowest BCUT2D eigenvalue weighted by Crippen LogP contribution is -2.54. The summed E-state index contributed by atoms with van der Waals surface area (Å²) in [7, 11) is -3.72. The van der Waals surface area contributed by atoms with Crippen molar-refractivity contribution in [2.24, 2.45) is 5.92 Å². The summed E-state index contributed by atoms with van der Waals surface area (Å²) in [4.78, 5) is 0.204.